The Bertz CT molecular complexity index is 814. The number of nitrogens with two attached hydrogens (primary N) is 1. The van der Waals surface area contributed by atoms with Gasteiger partial charge in [-0.1, -0.05) is 20.8 Å². The lowest BCUT2D eigenvalue weighted by atomic mass is 9.71. The highest BCUT2D eigenvalue weighted by Crippen LogP contribution is 2.40. The summed E-state index contributed by atoms with van der Waals surface area (Å²) in [5, 5.41) is 3.99. The predicted octanol–water partition coefficient (Wildman–Crippen LogP) is 3.92. The highest BCUT2D eigenvalue weighted by Gasteiger charge is 2.31. The first kappa shape index (κ1) is 15.9. The topological polar surface area (TPSA) is 68.0 Å². The van der Waals surface area contributed by atoms with E-state index in [2.05, 4.69) is 32.2 Å². The van der Waals surface area contributed by atoms with Gasteiger partial charge in [0.1, 0.15) is 9.71 Å². The number of anilines is 1. The van der Waals surface area contributed by atoms with E-state index in [9.17, 15) is 4.79 Å². The molecule has 0 radical (unpaired) electrons. The highest BCUT2D eigenvalue weighted by molar-refractivity contribution is 7.21. The number of nitrogens with one attached hydrogen (secondary N) is 1. The van der Waals surface area contributed by atoms with Crippen LogP contribution in [0.4, 0.5) is 5.69 Å². The van der Waals surface area contributed by atoms with Crippen molar-refractivity contribution in [3.63, 3.8) is 0 Å². The van der Waals surface area contributed by atoms with Gasteiger partial charge in [-0.3, -0.25) is 4.79 Å². The number of aryl methyl sites for hydroxylation is 1. The molecule has 24 heavy (non-hydrogen) atoms. The summed E-state index contributed by atoms with van der Waals surface area (Å²) in [6.45, 7) is 6.94. The number of carbonyl (C=O) groups excluding carboxylic acids is 1. The molecule has 1 amide bonds. The first-order valence-corrected chi connectivity index (χ1v) is 9.66. The fraction of sp³-hybridized carbons (Fsp3) is 0.579. The lowest BCUT2D eigenvalue weighted by Gasteiger charge is -2.34. The number of hydrogen-bond donors (Lipinski definition) is 2. The van der Waals surface area contributed by atoms with Crippen molar-refractivity contribution in [1.29, 1.82) is 0 Å². The number of aromatic nitrogens is 1. The molecule has 1 unspecified atom stereocenters. The van der Waals surface area contributed by atoms with Gasteiger partial charge in [0.25, 0.3) is 5.91 Å². The summed E-state index contributed by atoms with van der Waals surface area (Å²) in [6.07, 6.45) is 5.43. The Morgan fingerprint density at radius 3 is 2.75 bits per heavy atom. The number of fused-ring (bicyclic) bond motifs is 2. The van der Waals surface area contributed by atoms with E-state index in [-0.39, 0.29) is 5.91 Å². The molecule has 3 N–H and O–H groups in total. The second-order valence-electron chi connectivity index (χ2n) is 8.35. The number of pyridine rings is 1. The van der Waals surface area contributed by atoms with Crippen molar-refractivity contribution in [1.82, 2.24) is 10.3 Å². The monoisotopic (exact) mass is 343 g/mol. The van der Waals surface area contributed by atoms with Gasteiger partial charge in [-0.25, -0.2) is 4.98 Å². The van der Waals surface area contributed by atoms with Crippen LogP contribution >= 0.6 is 11.3 Å². The maximum absolute atomic E-state index is 12.4. The molecule has 2 heterocycles. The summed E-state index contributed by atoms with van der Waals surface area (Å²) in [5.41, 5.74) is 9.71. The summed E-state index contributed by atoms with van der Waals surface area (Å²) in [5.74, 6) is 0.630. The zero-order valence-electron chi connectivity index (χ0n) is 14.6. The summed E-state index contributed by atoms with van der Waals surface area (Å²) >= 11 is 1.43. The Morgan fingerprint density at radius 1 is 1.33 bits per heavy atom. The Morgan fingerprint density at radius 2 is 2.08 bits per heavy atom. The molecule has 128 valence electrons. The Hall–Kier alpha value is -1.62. The highest BCUT2D eigenvalue weighted by atomic mass is 32.1. The standard InChI is InChI=1S/C19H25N3OS/c1-19(2,3)11-4-7-14-10(8-11)9-13-15(20)16(24-18(13)22-14)17(23)21-12-5-6-12/h9,11-12H,4-8,20H2,1-3H3,(H,21,23). The summed E-state index contributed by atoms with van der Waals surface area (Å²) in [6, 6.07) is 2.53. The van der Waals surface area contributed by atoms with Crippen LogP contribution in [0.2, 0.25) is 0 Å². The van der Waals surface area contributed by atoms with Crippen molar-refractivity contribution in [3.05, 3.63) is 22.2 Å². The third-order valence-corrected chi connectivity index (χ3v) is 6.54. The maximum atomic E-state index is 12.4. The summed E-state index contributed by atoms with van der Waals surface area (Å²) < 4.78 is 0. The number of amides is 1. The molecular formula is C19H25N3OS. The zero-order chi connectivity index (χ0) is 17.1. The van der Waals surface area contributed by atoms with Crippen LogP contribution in [0.15, 0.2) is 6.07 Å². The lowest BCUT2D eigenvalue weighted by molar-refractivity contribution is 0.0956. The zero-order valence-corrected chi connectivity index (χ0v) is 15.4. The first-order valence-electron chi connectivity index (χ1n) is 8.84. The molecule has 4 nitrogen and oxygen atoms in total. The van der Waals surface area contributed by atoms with Crippen LogP contribution in [0.1, 0.15) is 61.0 Å². The van der Waals surface area contributed by atoms with Crippen molar-refractivity contribution < 1.29 is 4.79 Å². The van der Waals surface area contributed by atoms with E-state index in [1.54, 1.807) is 0 Å². The smallest absolute Gasteiger partial charge is 0.263 e. The van der Waals surface area contributed by atoms with E-state index >= 15 is 0 Å². The van der Waals surface area contributed by atoms with E-state index < -0.39 is 0 Å². The normalized spacial score (nSPS) is 20.9. The van der Waals surface area contributed by atoms with Gasteiger partial charge in [-0.05, 0) is 55.1 Å². The summed E-state index contributed by atoms with van der Waals surface area (Å²) in [7, 11) is 0. The van der Waals surface area contributed by atoms with E-state index in [1.807, 2.05) is 0 Å². The van der Waals surface area contributed by atoms with Crippen LogP contribution in [0.25, 0.3) is 10.2 Å². The van der Waals surface area contributed by atoms with Gasteiger partial charge in [0.2, 0.25) is 0 Å². The Labute approximate surface area is 146 Å². The molecule has 2 aliphatic carbocycles. The molecule has 0 saturated heterocycles. The average Bonchev–Trinajstić information content (AvgIpc) is 3.27. The molecule has 2 aliphatic rings. The molecule has 0 spiro atoms. The van der Waals surface area contributed by atoms with Gasteiger partial charge in [0.15, 0.2) is 0 Å². The van der Waals surface area contributed by atoms with Crippen LogP contribution in [-0.2, 0) is 12.8 Å². The number of nitrogen functional groups attached to an aromatic ring is 1. The number of thiophene rings is 1. The number of rotatable bonds is 2. The minimum Gasteiger partial charge on any atom is -0.397 e. The van der Waals surface area contributed by atoms with Crippen LogP contribution < -0.4 is 11.1 Å². The van der Waals surface area contributed by atoms with Crippen molar-refractivity contribution in [2.24, 2.45) is 11.3 Å². The van der Waals surface area contributed by atoms with E-state index in [1.165, 1.54) is 29.0 Å². The molecule has 1 atom stereocenters. The largest absolute Gasteiger partial charge is 0.397 e. The molecule has 0 aliphatic heterocycles. The Kier molecular flexibility index (Phi) is 3.60. The average molecular weight is 343 g/mol. The van der Waals surface area contributed by atoms with Crippen molar-refractivity contribution in [2.75, 3.05) is 5.73 Å². The summed E-state index contributed by atoms with van der Waals surface area (Å²) in [4.78, 5) is 18.8. The fourth-order valence-corrected chi connectivity index (χ4v) is 4.58. The van der Waals surface area contributed by atoms with Gasteiger partial charge < -0.3 is 11.1 Å². The number of nitrogens with zero attached hydrogens (tertiary/aromatic N) is 1. The van der Waals surface area contributed by atoms with E-state index in [0.29, 0.717) is 27.9 Å². The number of carbonyl (C=O) groups is 1. The molecule has 0 bridgehead atoms. The minimum atomic E-state index is -0.0384. The van der Waals surface area contributed by atoms with Gasteiger partial charge in [0, 0.05) is 17.1 Å². The third-order valence-electron chi connectivity index (χ3n) is 5.43. The molecule has 4 rings (SSSR count). The molecule has 5 heteroatoms. The molecular weight excluding hydrogens is 318 g/mol. The van der Waals surface area contributed by atoms with Crippen molar-refractivity contribution in [3.8, 4) is 0 Å². The van der Waals surface area contributed by atoms with Gasteiger partial charge in [0.05, 0.1) is 5.69 Å². The second-order valence-corrected chi connectivity index (χ2v) is 9.34. The fourth-order valence-electron chi connectivity index (χ4n) is 3.58. The van der Waals surface area contributed by atoms with Crippen LogP contribution in [0.3, 0.4) is 0 Å². The van der Waals surface area contributed by atoms with E-state index in [4.69, 9.17) is 10.7 Å². The van der Waals surface area contributed by atoms with Crippen LogP contribution in [0, 0.1) is 11.3 Å². The maximum Gasteiger partial charge on any atom is 0.263 e. The third kappa shape index (κ3) is 2.79. The first-order chi connectivity index (χ1) is 11.3. The molecule has 1 fully saturated rings. The van der Waals surface area contributed by atoms with Crippen LogP contribution in [-0.4, -0.2) is 16.9 Å². The molecule has 1 saturated carbocycles. The van der Waals surface area contributed by atoms with Crippen molar-refractivity contribution in [2.45, 2.75) is 58.9 Å². The minimum absolute atomic E-state index is 0.0384. The van der Waals surface area contributed by atoms with Crippen molar-refractivity contribution >= 4 is 33.1 Å². The lowest BCUT2D eigenvalue weighted by Crippen LogP contribution is -2.27. The molecule has 2 aromatic rings. The van der Waals surface area contributed by atoms with Gasteiger partial charge in [-0.15, -0.1) is 11.3 Å². The SMILES string of the molecule is CC(C)(C)C1CCc2nc3sc(C(=O)NC4CC4)c(N)c3cc2C1. The van der Waals surface area contributed by atoms with Gasteiger partial charge >= 0.3 is 0 Å². The van der Waals surface area contributed by atoms with Crippen LogP contribution in [0.5, 0.6) is 0 Å². The predicted molar refractivity (Wildman–Crippen MR) is 99.5 cm³/mol. The van der Waals surface area contributed by atoms with E-state index in [0.717, 1.165) is 35.9 Å². The second kappa shape index (κ2) is 5.45. The quantitative estimate of drug-likeness (QED) is 0.868. The Balaban J connectivity index is 1.70. The molecule has 2 aromatic heterocycles. The molecule has 0 aromatic carbocycles. The van der Waals surface area contributed by atoms with Gasteiger partial charge in [-0.2, -0.15) is 0 Å². The number of hydrogen-bond acceptors (Lipinski definition) is 4.